The van der Waals surface area contributed by atoms with Crippen LogP contribution in [-0.2, 0) is 27.9 Å². The van der Waals surface area contributed by atoms with E-state index in [0.717, 1.165) is 32.9 Å². The molecule has 0 unspecified atom stereocenters. The first-order valence-electron chi connectivity index (χ1n) is 12.0. The number of rotatable bonds is 9. The Morgan fingerprint density at radius 1 is 0.811 bits per heavy atom. The van der Waals surface area contributed by atoms with Gasteiger partial charge in [-0.25, -0.2) is 8.42 Å². The highest BCUT2D eigenvalue weighted by Crippen LogP contribution is 2.31. The lowest BCUT2D eigenvalue weighted by molar-refractivity contribution is -0.115. The van der Waals surface area contributed by atoms with Gasteiger partial charge in [-0.3, -0.25) is 9.10 Å². The van der Waals surface area contributed by atoms with Crippen LogP contribution in [0.5, 0.6) is 0 Å². The summed E-state index contributed by atoms with van der Waals surface area (Å²) in [7, 11) is -3.49. The van der Waals surface area contributed by atoms with Crippen molar-refractivity contribution in [2.75, 3.05) is 22.4 Å². The van der Waals surface area contributed by atoms with Gasteiger partial charge in [-0.1, -0.05) is 72.8 Å². The molecule has 0 saturated heterocycles. The third kappa shape index (κ3) is 5.82. The quantitative estimate of drug-likeness (QED) is 0.259. The van der Waals surface area contributed by atoms with Crippen molar-refractivity contribution < 1.29 is 13.2 Å². The molecule has 0 spiro atoms. The van der Waals surface area contributed by atoms with E-state index in [1.807, 2.05) is 97.1 Å². The Balaban J connectivity index is 1.34. The van der Waals surface area contributed by atoms with Crippen LogP contribution in [0.25, 0.3) is 21.8 Å². The fourth-order valence-electron chi connectivity index (χ4n) is 4.40. The van der Waals surface area contributed by atoms with Crippen molar-refractivity contribution in [2.24, 2.45) is 0 Å². The lowest BCUT2D eigenvalue weighted by Crippen LogP contribution is -2.29. The second-order valence-electron chi connectivity index (χ2n) is 9.01. The molecule has 4 aromatic carbocycles. The number of carbonyl (C=O) groups excluding carboxylic acids is 1. The van der Waals surface area contributed by atoms with Crippen molar-refractivity contribution in [3.63, 3.8) is 0 Å². The van der Waals surface area contributed by atoms with E-state index in [1.165, 1.54) is 10.6 Å². The van der Waals surface area contributed by atoms with Gasteiger partial charge in [0.2, 0.25) is 15.9 Å². The van der Waals surface area contributed by atoms with Crippen molar-refractivity contribution in [1.82, 2.24) is 10.3 Å². The van der Waals surface area contributed by atoms with Gasteiger partial charge < -0.3 is 15.6 Å². The molecule has 0 aliphatic rings. The molecule has 5 rings (SSSR count). The SMILES string of the molecule is CS(=O)(=O)N(Cc1ccccc1)c1ccc2c(c1)[nH]c1cc(NC(=O)CNCc3ccccc3)ccc12. The van der Waals surface area contributed by atoms with Gasteiger partial charge in [0, 0.05) is 34.0 Å². The first-order chi connectivity index (χ1) is 17.9. The highest BCUT2D eigenvalue weighted by molar-refractivity contribution is 7.92. The van der Waals surface area contributed by atoms with E-state index in [9.17, 15) is 13.2 Å². The minimum Gasteiger partial charge on any atom is -0.354 e. The van der Waals surface area contributed by atoms with Gasteiger partial charge in [0.1, 0.15) is 0 Å². The molecular formula is C29H28N4O3S. The summed E-state index contributed by atoms with van der Waals surface area (Å²) >= 11 is 0. The summed E-state index contributed by atoms with van der Waals surface area (Å²) in [5, 5.41) is 8.06. The number of hydrogen-bond donors (Lipinski definition) is 3. The van der Waals surface area contributed by atoms with Crippen molar-refractivity contribution in [3.05, 3.63) is 108 Å². The van der Waals surface area contributed by atoms with Gasteiger partial charge in [0.05, 0.1) is 25.0 Å². The number of H-pyrrole nitrogens is 1. The van der Waals surface area contributed by atoms with E-state index in [4.69, 9.17) is 0 Å². The fraction of sp³-hybridized carbons (Fsp3) is 0.138. The zero-order valence-corrected chi connectivity index (χ0v) is 21.3. The maximum Gasteiger partial charge on any atom is 0.238 e. The molecule has 8 heteroatoms. The van der Waals surface area contributed by atoms with Crippen LogP contribution in [0, 0.1) is 0 Å². The van der Waals surface area contributed by atoms with Gasteiger partial charge in [0.15, 0.2) is 0 Å². The molecule has 1 aromatic heterocycles. The Morgan fingerprint density at radius 2 is 1.43 bits per heavy atom. The van der Waals surface area contributed by atoms with Crippen molar-refractivity contribution in [2.45, 2.75) is 13.1 Å². The molecule has 7 nitrogen and oxygen atoms in total. The van der Waals surface area contributed by atoms with Crippen LogP contribution in [0.1, 0.15) is 11.1 Å². The van der Waals surface area contributed by atoms with Crippen LogP contribution in [0.4, 0.5) is 11.4 Å². The number of carbonyl (C=O) groups is 1. The average Bonchev–Trinajstić information content (AvgIpc) is 3.24. The molecule has 3 N–H and O–H groups in total. The number of benzene rings is 4. The summed E-state index contributed by atoms with van der Waals surface area (Å²) in [6, 6.07) is 30.8. The molecule has 0 atom stereocenters. The lowest BCUT2D eigenvalue weighted by atomic mass is 10.1. The smallest absolute Gasteiger partial charge is 0.238 e. The number of amides is 1. The number of aromatic nitrogens is 1. The van der Waals surface area contributed by atoms with Gasteiger partial charge in [0.25, 0.3) is 0 Å². The van der Waals surface area contributed by atoms with Crippen LogP contribution in [0.3, 0.4) is 0 Å². The van der Waals surface area contributed by atoms with E-state index in [2.05, 4.69) is 15.6 Å². The summed E-state index contributed by atoms with van der Waals surface area (Å²) in [5.41, 5.74) is 4.98. The molecule has 0 aliphatic heterocycles. The molecule has 1 amide bonds. The number of fused-ring (bicyclic) bond motifs is 3. The predicted octanol–water partition coefficient (Wildman–Crippen LogP) is 5.02. The highest BCUT2D eigenvalue weighted by atomic mass is 32.2. The summed E-state index contributed by atoms with van der Waals surface area (Å²) in [6.45, 7) is 1.07. The lowest BCUT2D eigenvalue weighted by Gasteiger charge is -2.22. The number of sulfonamides is 1. The number of nitrogens with zero attached hydrogens (tertiary/aromatic N) is 1. The van der Waals surface area contributed by atoms with Crippen LogP contribution < -0.4 is 14.9 Å². The topological polar surface area (TPSA) is 94.3 Å². The Kier molecular flexibility index (Phi) is 6.94. The van der Waals surface area contributed by atoms with Crippen molar-refractivity contribution in [1.29, 1.82) is 0 Å². The predicted molar refractivity (Wildman–Crippen MR) is 150 cm³/mol. The van der Waals surface area contributed by atoms with Gasteiger partial charge in [-0.2, -0.15) is 0 Å². The molecule has 5 aromatic rings. The second kappa shape index (κ2) is 10.5. The molecule has 0 saturated carbocycles. The van der Waals surface area contributed by atoms with E-state index >= 15 is 0 Å². The molecule has 0 fully saturated rings. The van der Waals surface area contributed by atoms with Crippen molar-refractivity contribution >= 4 is 49.1 Å². The zero-order chi connectivity index (χ0) is 25.8. The van der Waals surface area contributed by atoms with E-state index < -0.39 is 10.0 Å². The Morgan fingerprint density at radius 3 is 2.11 bits per heavy atom. The molecule has 37 heavy (non-hydrogen) atoms. The van der Waals surface area contributed by atoms with Crippen molar-refractivity contribution in [3.8, 4) is 0 Å². The number of aromatic amines is 1. The van der Waals surface area contributed by atoms with Crippen LogP contribution in [0.2, 0.25) is 0 Å². The highest BCUT2D eigenvalue weighted by Gasteiger charge is 2.19. The number of anilines is 2. The minimum absolute atomic E-state index is 0.126. The van der Waals surface area contributed by atoms with Crippen LogP contribution in [0.15, 0.2) is 97.1 Å². The second-order valence-corrected chi connectivity index (χ2v) is 10.9. The fourth-order valence-corrected chi connectivity index (χ4v) is 5.28. The largest absolute Gasteiger partial charge is 0.354 e. The molecule has 0 aliphatic carbocycles. The van der Waals surface area contributed by atoms with E-state index in [-0.39, 0.29) is 19.0 Å². The third-order valence-corrected chi connectivity index (χ3v) is 7.32. The van der Waals surface area contributed by atoms with Gasteiger partial charge in [-0.05, 0) is 35.4 Å². The van der Waals surface area contributed by atoms with E-state index in [0.29, 0.717) is 17.9 Å². The molecule has 0 radical (unpaired) electrons. The molecule has 0 bridgehead atoms. The Labute approximate surface area is 216 Å². The van der Waals surface area contributed by atoms with E-state index in [1.54, 1.807) is 0 Å². The zero-order valence-electron chi connectivity index (χ0n) is 20.4. The monoisotopic (exact) mass is 512 g/mol. The summed E-state index contributed by atoms with van der Waals surface area (Å²) < 4.78 is 26.6. The number of nitrogens with one attached hydrogen (secondary N) is 3. The Hall–Kier alpha value is -4.14. The molecular weight excluding hydrogens is 484 g/mol. The molecule has 1 heterocycles. The maximum atomic E-state index is 12.6. The maximum absolute atomic E-state index is 12.6. The average molecular weight is 513 g/mol. The first-order valence-corrected chi connectivity index (χ1v) is 13.8. The standard InChI is InChI=1S/C29H28N4O3S/c1-37(35,36)33(20-22-10-6-3-7-11-22)24-13-15-26-25-14-12-23(16-27(25)32-28(26)17-24)31-29(34)19-30-18-21-8-4-2-5-9-21/h2-17,30,32H,18-20H2,1H3,(H,31,34). The molecule has 188 valence electrons. The van der Waals surface area contributed by atoms with Gasteiger partial charge >= 0.3 is 0 Å². The van der Waals surface area contributed by atoms with Crippen LogP contribution in [-0.4, -0.2) is 32.1 Å². The normalized spacial score (nSPS) is 11.6. The summed E-state index contributed by atoms with van der Waals surface area (Å²) in [6.07, 6.45) is 1.22. The Bertz CT molecular complexity index is 1650. The number of hydrogen-bond acceptors (Lipinski definition) is 4. The summed E-state index contributed by atoms with van der Waals surface area (Å²) in [4.78, 5) is 15.8. The van der Waals surface area contributed by atoms with Crippen LogP contribution >= 0.6 is 0 Å². The van der Waals surface area contributed by atoms with Gasteiger partial charge in [-0.15, -0.1) is 0 Å². The minimum atomic E-state index is -3.49. The summed E-state index contributed by atoms with van der Waals surface area (Å²) in [5.74, 6) is -0.126. The first kappa shape index (κ1) is 24.5. The third-order valence-electron chi connectivity index (χ3n) is 6.18.